The summed E-state index contributed by atoms with van der Waals surface area (Å²) >= 11 is 12.5. The number of fused-ring (bicyclic) bond motifs is 4. The highest BCUT2D eigenvalue weighted by Gasteiger charge is 2.70. The number of non-ortho nitro benzene ring substituents is 1. The van der Waals surface area contributed by atoms with Gasteiger partial charge < -0.3 is 5.11 Å². The Labute approximate surface area is 319 Å². The number of phenols is 1. The number of aromatic nitrogens is 1. The smallest absolute Gasteiger partial charge is 0.417 e. The summed E-state index contributed by atoms with van der Waals surface area (Å²) in [7, 11) is 0. The maximum atomic E-state index is 15.2. The molecule has 0 radical (unpaired) electrons. The molecule has 3 fully saturated rings. The molecular formula is C38H26Cl2F3N5O7. The number of nitrogens with zero attached hydrogens (tertiary/aromatic N) is 4. The number of aromatic hydroxyl groups is 1. The molecule has 17 heteroatoms. The summed E-state index contributed by atoms with van der Waals surface area (Å²) in [5, 5.41) is 23.4. The van der Waals surface area contributed by atoms with E-state index >= 15 is 4.79 Å². The van der Waals surface area contributed by atoms with E-state index in [0.717, 1.165) is 11.0 Å². The number of phenolic OH excluding ortho intramolecular Hbond substituents is 1. The number of amides is 4. The number of nitro groups is 1. The maximum Gasteiger partial charge on any atom is 0.417 e. The molecule has 0 spiro atoms. The highest BCUT2D eigenvalue weighted by atomic mass is 35.5. The van der Waals surface area contributed by atoms with Gasteiger partial charge >= 0.3 is 6.18 Å². The lowest BCUT2D eigenvalue weighted by molar-refractivity contribution is -0.384. The first-order valence-corrected chi connectivity index (χ1v) is 17.6. The lowest BCUT2D eigenvalue weighted by atomic mass is 9.49. The number of rotatable bonds is 6. The molecule has 4 aromatic rings. The quantitative estimate of drug-likeness (QED) is 0.0889. The SMILES string of the molecule is O=C1C2CC3C(=CCC4C(=O)N(c5cccc([N+](=O)[O-])c5)C(=O)C43)C(c3ccccc3O)C2(c2ccc(Cl)cc2)C(=O)N1Nc1ncc(C(F)(F)F)cc1Cl. The van der Waals surface area contributed by atoms with Crippen LogP contribution in [0.4, 0.5) is 30.4 Å². The largest absolute Gasteiger partial charge is 0.508 e. The van der Waals surface area contributed by atoms with Crippen LogP contribution in [0.5, 0.6) is 5.75 Å². The van der Waals surface area contributed by atoms with Gasteiger partial charge in [-0.05, 0) is 54.7 Å². The van der Waals surface area contributed by atoms with Crippen molar-refractivity contribution >= 4 is 64.0 Å². The molecule has 280 valence electrons. The number of carbonyl (C=O) groups excluding carboxylic acids is 4. The summed E-state index contributed by atoms with van der Waals surface area (Å²) in [5.74, 6) is -8.78. The Morgan fingerprint density at radius 2 is 1.65 bits per heavy atom. The zero-order valence-corrected chi connectivity index (χ0v) is 29.5. The van der Waals surface area contributed by atoms with Gasteiger partial charge in [-0.25, -0.2) is 9.88 Å². The molecule has 8 rings (SSSR count). The van der Waals surface area contributed by atoms with E-state index in [1.165, 1.54) is 36.4 Å². The number of allylic oxidation sites excluding steroid dienone is 2. The van der Waals surface area contributed by atoms with E-state index in [2.05, 4.69) is 10.4 Å². The molecule has 0 bridgehead atoms. The van der Waals surface area contributed by atoms with E-state index in [0.29, 0.717) is 33.4 Å². The standard InChI is InChI=1S/C38H26Cl2F3N5O7/c39-20-10-8-18(9-11-20)37-27(34(51)47(36(37)53)45-32-28(40)14-19(17-44-32)38(41,42)43)16-26-23(31(37)24-6-1-2-7-29(24)49)12-13-25-30(26)35(52)46(33(25)50)21-4-3-5-22(15-21)48(54)55/h1-12,14-15,17,25-27,30-31,49H,13,16H2,(H,44,45). The summed E-state index contributed by atoms with van der Waals surface area (Å²) in [6.07, 6.45) is -2.65. The number of imide groups is 2. The average molecular weight is 793 g/mol. The van der Waals surface area contributed by atoms with E-state index in [1.807, 2.05) is 0 Å². The third-order valence-corrected chi connectivity index (χ3v) is 11.6. The highest BCUT2D eigenvalue weighted by molar-refractivity contribution is 6.33. The van der Waals surface area contributed by atoms with Gasteiger partial charge in [-0.1, -0.05) is 71.2 Å². The molecule has 4 amide bonds. The Balaban J connectivity index is 1.30. The Morgan fingerprint density at radius 1 is 0.927 bits per heavy atom. The van der Waals surface area contributed by atoms with Gasteiger partial charge in [-0.15, -0.1) is 0 Å². The Bertz CT molecular complexity index is 2370. The number of nitrogens with one attached hydrogen (secondary N) is 1. The number of pyridine rings is 1. The molecular weight excluding hydrogens is 766 g/mol. The maximum absolute atomic E-state index is 15.2. The monoisotopic (exact) mass is 791 g/mol. The van der Waals surface area contributed by atoms with E-state index in [4.69, 9.17) is 23.2 Å². The third-order valence-electron chi connectivity index (χ3n) is 11.1. The topological polar surface area (TPSA) is 163 Å². The Hall–Kier alpha value is -5.80. The van der Waals surface area contributed by atoms with Crippen LogP contribution in [0.3, 0.4) is 0 Å². The minimum Gasteiger partial charge on any atom is -0.508 e. The number of para-hydroxylation sites is 1. The van der Waals surface area contributed by atoms with Gasteiger partial charge in [0.1, 0.15) is 5.75 Å². The summed E-state index contributed by atoms with van der Waals surface area (Å²) in [6.45, 7) is 0. The average Bonchev–Trinajstić information content (AvgIpc) is 3.53. The van der Waals surface area contributed by atoms with E-state index in [9.17, 15) is 42.8 Å². The van der Waals surface area contributed by atoms with Gasteiger partial charge in [-0.2, -0.15) is 18.2 Å². The number of carbonyl (C=O) groups is 4. The lowest BCUT2D eigenvalue weighted by Crippen LogP contribution is -2.53. The fourth-order valence-corrected chi connectivity index (χ4v) is 9.19. The minimum absolute atomic E-state index is 0.00661. The normalized spacial score (nSPS) is 26.1. The molecule has 2 N–H and O–H groups in total. The number of hydrazine groups is 1. The molecule has 1 aromatic heterocycles. The van der Waals surface area contributed by atoms with Crippen LogP contribution >= 0.6 is 23.2 Å². The summed E-state index contributed by atoms with van der Waals surface area (Å²) in [4.78, 5) is 74.0. The van der Waals surface area contributed by atoms with Crippen LogP contribution in [-0.2, 0) is 30.8 Å². The van der Waals surface area contributed by atoms with Crippen molar-refractivity contribution in [3.05, 3.63) is 134 Å². The second-order valence-corrected chi connectivity index (χ2v) is 14.6. The van der Waals surface area contributed by atoms with Crippen molar-refractivity contribution in [3.8, 4) is 5.75 Å². The van der Waals surface area contributed by atoms with Crippen LogP contribution in [0, 0.1) is 33.8 Å². The first kappa shape index (κ1) is 36.2. The van der Waals surface area contributed by atoms with Crippen molar-refractivity contribution in [1.29, 1.82) is 0 Å². The Morgan fingerprint density at radius 3 is 2.33 bits per heavy atom. The van der Waals surface area contributed by atoms with Crippen molar-refractivity contribution < 1.29 is 42.4 Å². The van der Waals surface area contributed by atoms with Crippen LogP contribution in [0.1, 0.15) is 35.4 Å². The van der Waals surface area contributed by atoms with Crippen LogP contribution < -0.4 is 10.3 Å². The van der Waals surface area contributed by atoms with Gasteiger partial charge in [0.2, 0.25) is 11.8 Å². The first-order valence-electron chi connectivity index (χ1n) is 16.9. The zero-order chi connectivity index (χ0) is 39.1. The van der Waals surface area contributed by atoms with Crippen molar-refractivity contribution in [2.75, 3.05) is 10.3 Å². The van der Waals surface area contributed by atoms with Gasteiger partial charge in [0.15, 0.2) is 5.82 Å². The molecule has 1 saturated carbocycles. The molecule has 55 heavy (non-hydrogen) atoms. The molecule has 6 atom stereocenters. The Kier molecular flexibility index (Phi) is 8.50. The number of hydrogen-bond donors (Lipinski definition) is 2. The number of halogens is 5. The first-order chi connectivity index (χ1) is 26.1. The van der Waals surface area contributed by atoms with Gasteiger partial charge in [0.25, 0.3) is 17.5 Å². The number of alkyl halides is 3. The predicted molar refractivity (Wildman–Crippen MR) is 191 cm³/mol. The van der Waals surface area contributed by atoms with Crippen LogP contribution in [0.25, 0.3) is 0 Å². The van der Waals surface area contributed by atoms with Gasteiger partial charge in [0.05, 0.1) is 44.4 Å². The molecule has 3 aromatic carbocycles. The molecule has 12 nitrogen and oxygen atoms in total. The number of benzene rings is 3. The number of nitro benzene ring substituents is 1. The summed E-state index contributed by atoms with van der Waals surface area (Å²) in [5.41, 5.74) is 0.286. The molecule has 4 aliphatic rings. The molecule has 6 unspecified atom stereocenters. The van der Waals surface area contributed by atoms with Crippen LogP contribution in [0.15, 0.2) is 96.7 Å². The molecule has 2 aliphatic carbocycles. The molecule has 2 saturated heterocycles. The third kappa shape index (κ3) is 5.47. The molecule has 2 aliphatic heterocycles. The number of anilines is 2. The van der Waals surface area contributed by atoms with Crippen molar-refractivity contribution in [1.82, 2.24) is 9.99 Å². The summed E-state index contributed by atoms with van der Waals surface area (Å²) < 4.78 is 40.3. The zero-order valence-electron chi connectivity index (χ0n) is 28.0. The molecule has 3 heterocycles. The highest BCUT2D eigenvalue weighted by Crippen LogP contribution is 2.65. The van der Waals surface area contributed by atoms with Crippen molar-refractivity contribution in [3.63, 3.8) is 0 Å². The summed E-state index contributed by atoms with van der Waals surface area (Å²) in [6, 6.07) is 18.1. The fourth-order valence-electron chi connectivity index (χ4n) is 8.86. The van der Waals surface area contributed by atoms with Crippen LogP contribution in [-0.4, -0.2) is 43.7 Å². The second kappa shape index (κ2) is 12.9. The van der Waals surface area contributed by atoms with Crippen molar-refractivity contribution in [2.24, 2.45) is 23.7 Å². The fraction of sp³-hybridized carbons (Fsp3) is 0.237. The minimum atomic E-state index is -4.78. The van der Waals surface area contributed by atoms with E-state index < -0.39 is 86.1 Å². The lowest BCUT2D eigenvalue weighted by Gasteiger charge is -2.50. The van der Waals surface area contributed by atoms with Crippen LogP contribution in [0.2, 0.25) is 10.0 Å². The number of hydrogen-bond acceptors (Lipinski definition) is 9. The second-order valence-electron chi connectivity index (χ2n) is 13.8. The van der Waals surface area contributed by atoms with Gasteiger partial charge in [0, 0.05) is 34.8 Å². The van der Waals surface area contributed by atoms with E-state index in [-0.39, 0.29) is 35.5 Å². The van der Waals surface area contributed by atoms with Gasteiger partial charge in [-0.3, -0.25) is 34.7 Å². The van der Waals surface area contributed by atoms with E-state index in [1.54, 1.807) is 36.4 Å². The predicted octanol–water partition coefficient (Wildman–Crippen LogP) is 7.21. The van der Waals surface area contributed by atoms with Crippen molar-refractivity contribution in [2.45, 2.75) is 30.4 Å².